The van der Waals surface area contributed by atoms with Crippen molar-refractivity contribution in [1.82, 2.24) is 16.0 Å². The number of aliphatic hydroxyl groups is 1. The second kappa shape index (κ2) is 19.1. The van der Waals surface area contributed by atoms with E-state index < -0.39 is 66.5 Å². The third kappa shape index (κ3) is 18.0. The summed E-state index contributed by atoms with van der Waals surface area (Å²) in [6.07, 6.45) is -2.86. The van der Waals surface area contributed by atoms with Gasteiger partial charge in [0.05, 0.1) is 12.6 Å². The molecule has 0 saturated heterocycles. The van der Waals surface area contributed by atoms with Gasteiger partial charge in [-0.05, 0) is 50.5 Å². The number of nitrogens with two attached hydrogens (primary N) is 3. The minimum absolute atomic E-state index is 0.113. The van der Waals surface area contributed by atoms with E-state index in [1.807, 2.05) is 27.7 Å². The van der Waals surface area contributed by atoms with Gasteiger partial charge in [-0.15, -0.1) is 0 Å². The first kappa shape index (κ1) is 38.2. The monoisotopic (exact) mass is 572 g/mol. The van der Waals surface area contributed by atoms with Crippen molar-refractivity contribution in [2.75, 3.05) is 13.2 Å². The molecule has 11 N–H and O–H groups in total. The number of halogens is 3. The molecule has 0 rings (SSSR count). The van der Waals surface area contributed by atoms with E-state index in [9.17, 15) is 37.5 Å². The molecule has 0 aliphatic heterocycles. The summed E-state index contributed by atoms with van der Waals surface area (Å²) in [5, 5.41) is 24.3. The number of carboxylic acid groups (broad SMARTS) is 1. The van der Waals surface area contributed by atoms with Crippen molar-refractivity contribution in [3.8, 4) is 0 Å². The maximum Gasteiger partial charge on any atom is 0.490 e. The molecule has 0 aliphatic rings. The van der Waals surface area contributed by atoms with Gasteiger partial charge in [0.1, 0.15) is 18.1 Å². The summed E-state index contributed by atoms with van der Waals surface area (Å²) in [4.78, 5) is 58.3. The maximum absolute atomic E-state index is 12.8. The van der Waals surface area contributed by atoms with Crippen LogP contribution in [0.3, 0.4) is 0 Å². The van der Waals surface area contributed by atoms with Crippen LogP contribution in [0.2, 0.25) is 0 Å². The van der Waals surface area contributed by atoms with Crippen molar-refractivity contribution in [3.05, 3.63) is 0 Å². The number of amides is 4. The highest BCUT2D eigenvalue weighted by Crippen LogP contribution is 2.13. The van der Waals surface area contributed by atoms with Crippen LogP contribution in [0.15, 0.2) is 0 Å². The standard InChI is InChI=1S/C21H42N6O5.C2HF3O2/c1-12(2)9-14(23)19(30)27-17(11-28)21(32)25-15(7-5-6-8-22)20(31)26-16(18(24)29)10-13(3)4;3-2(4,5)1(6)7/h12-17,28H,5-11,22-23H2,1-4H3,(H2,24,29)(H,25,32)(H,26,31)(H,27,30);(H,6,7)/t14-,15-,16-,17-;/m0./s1. The van der Waals surface area contributed by atoms with Gasteiger partial charge in [0, 0.05) is 0 Å². The van der Waals surface area contributed by atoms with Gasteiger partial charge in [0.25, 0.3) is 0 Å². The van der Waals surface area contributed by atoms with Crippen LogP contribution in [0.4, 0.5) is 13.2 Å². The van der Waals surface area contributed by atoms with E-state index in [0.717, 1.165) is 0 Å². The van der Waals surface area contributed by atoms with Crippen molar-refractivity contribution in [2.45, 2.75) is 90.1 Å². The summed E-state index contributed by atoms with van der Waals surface area (Å²) in [6, 6.07) is -3.96. The summed E-state index contributed by atoms with van der Waals surface area (Å²) >= 11 is 0. The number of aliphatic hydroxyl groups excluding tert-OH is 1. The number of carbonyl (C=O) groups excluding carboxylic acids is 4. The number of primary amides is 1. The van der Waals surface area contributed by atoms with Crippen LogP contribution in [-0.4, -0.2) is 83.3 Å². The molecule has 0 spiro atoms. The second-order valence-corrected chi connectivity index (χ2v) is 9.72. The Bertz CT molecular complexity index is 797. The lowest BCUT2D eigenvalue weighted by molar-refractivity contribution is -0.192. The third-order valence-corrected chi connectivity index (χ3v) is 5.07. The number of rotatable bonds is 16. The van der Waals surface area contributed by atoms with Gasteiger partial charge in [-0.25, -0.2) is 4.79 Å². The lowest BCUT2D eigenvalue weighted by Crippen LogP contribution is -2.58. The largest absolute Gasteiger partial charge is 0.490 e. The number of hydrogen-bond acceptors (Lipinski definition) is 8. The van der Waals surface area contributed by atoms with Crippen LogP contribution in [0.1, 0.15) is 59.8 Å². The van der Waals surface area contributed by atoms with Crippen molar-refractivity contribution in [2.24, 2.45) is 29.0 Å². The number of unbranched alkanes of at least 4 members (excludes halogenated alkanes) is 1. The van der Waals surface area contributed by atoms with Crippen molar-refractivity contribution in [3.63, 3.8) is 0 Å². The number of aliphatic carboxylic acids is 1. The molecule has 228 valence electrons. The molecule has 0 bridgehead atoms. The minimum Gasteiger partial charge on any atom is -0.475 e. The van der Waals surface area contributed by atoms with Crippen molar-refractivity contribution >= 4 is 29.6 Å². The Labute approximate surface area is 225 Å². The van der Waals surface area contributed by atoms with Gasteiger partial charge < -0.3 is 43.4 Å². The second-order valence-electron chi connectivity index (χ2n) is 9.72. The Kier molecular flexibility index (Phi) is 18.7. The average Bonchev–Trinajstić information content (AvgIpc) is 2.80. The normalized spacial score (nSPS) is 14.4. The van der Waals surface area contributed by atoms with Gasteiger partial charge >= 0.3 is 12.1 Å². The quantitative estimate of drug-likeness (QED) is 0.107. The lowest BCUT2D eigenvalue weighted by Gasteiger charge is -2.25. The molecule has 0 saturated carbocycles. The van der Waals surface area contributed by atoms with E-state index in [4.69, 9.17) is 27.1 Å². The Morgan fingerprint density at radius 1 is 0.795 bits per heavy atom. The Balaban J connectivity index is 0. The summed E-state index contributed by atoms with van der Waals surface area (Å²) < 4.78 is 31.7. The Morgan fingerprint density at radius 3 is 1.62 bits per heavy atom. The number of carbonyl (C=O) groups is 5. The highest BCUT2D eigenvalue weighted by atomic mass is 19.4. The molecule has 0 unspecified atom stereocenters. The Morgan fingerprint density at radius 2 is 1.23 bits per heavy atom. The molecule has 4 atom stereocenters. The minimum atomic E-state index is -5.08. The molecule has 39 heavy (non-hydrogen) atoms. The van der Waals surface area contributed by atoms with Crippen LogP contribution >= 0.6 is 0 Å². The van der Waals surface area contributed by atoms with Gasteiger partial charge in [-0.3, -0.25) is 19.2 Å². The molecular weight excluding hydrogens is 529 g/mol. The molecule has 0 radical (unpaired) electrons. The number of nitrogens with one attached hydrogen (secondary N) is 3. The van der Waals surface area contributed by atoms with Crippen molar-refractivity contribution in [1.29, 1.82) is 0 Å². The molecule has 0 aliphatic carbocycles. The Hall–Kier alpha value is -2.98. The zero-order valence-corrected chi connectivity index (χ0v) is 22.7. The molecular formula is C23H43F3N6O7. The van der Waals surface area contributed by atoms with Gasteiger partial charge in [-0.2, -0.15) is 13.2 Å². The van der Waals surface area contributed by atoms with Gasteiger partial charge in [-0.1, -0.05) is 27.7 Å². The summed E-state index contributed by atoms with van der Waals surface area (Å²) in [5.74, 6) is -5.00. The predicted octanol–water partition coefficient (Wildman–Crippen LogP) is -0.900. The molecule has 4 amide bonds. The summed E-state index contributed by atoms with van der Waals surface area (Å²) in [7, 11) is 0. The smallest absolute Gasteiger partial charge is 0.475 e. The SMILES string of the molecule is CC(C)C[C@H](NC(=O)[C@H](CCCCN)NC(=O)[C@H](CO)NC(=O)[C@@H](N)CC(C)C)C(N)=O.O=C(O)C(F)(F)F. The number of carboxylic acids is 1. The van der Waals surface area contributed by atoms with E-state index in [0.29, 0.717) is 32.2 Å². The zero-order valence-electron chi connectivity index (χ0n) is 22.7. The summed E-state index contributed by atoms with van der Waals surface area (Å²) in [5.41, 5.74) is 16.7. The first-order chi connectivity index (χ1) is 17.9. The van der Waals surface area contributed by atoms with E-state index >= 15 is 0 Å². The lowest BCUT2D eigenvalue weighted by atomic mass is 10.0. The fourth-order valence-corrected chi connectivity index (χ4v) is 3.11. The molecule has 0 heterocycles. The topological polar surface area (TPSA) is 240 Å². The molecule has 0 aromatic carbocycles. The van der Waals surface area contributed by atoms with Crippen LogP contribution < -0.4 is 33.2 Å². The highest BCUT2D eigenvalue weighted by molar-refractivity contribution is 5.94. The predicted molar refractivity (Wildman–Crippen MR) is 136 cm³/mol. The first-order valence-corrected chi connectivity index (χ1v) is 12.4. The maximum atomic E-state index is 12.8. The fourth-order valence-electron chi connectivity index (χ4n) is 3.11. The first-order valence-electron chi connectivity index (χ1n) is 12.4. The third-order valence-electron chi connectivity index (χ3n) is 5.07. The van der Waals surface area contributed by atoms with Crippen LogP contribution in [0, 0.1) is 11.8 Å². The fraction of sp³-hybridized carbons (Fsp3) is 0.783. The van der Waals surface area contributed by atoms with Gasteiger partial charge in [0.2, 0.25) is 23.6 Å². The number of alkyl halides is 3. The van der Waals surface area contributed by atoms with Crippen LogP contribution in [-0.2, 0) is 24.0 Å². The van der Waals surface area contributed by atoms with E-state index in [-0.39, 0.29) is 18.3 Å². The van der Waals surface area contributed by atoms with Crippen molar-refractivity contribution < 1.29 is 47.4 Å². The highest BCUT2D eigenvalue weighted by Gasteiger charge is 2.38. The zero-order chi connectivity index (χ0) is 30.9. The van der Waals surface area contributed by atoms with Crippen LogP contribution in [0.5, 0.6) is 0 Å². The molecule has 0 aromatic rings. The van der Waals surface area contributed by atoms with E-state index in [1.54, 1.807) is 0 Å². The average molecular weight is 573 g/mol. The molecule has 16 heteroatoms. The van der Waals surface area contributed by atoms with E-state index in [1.165, 1.54) is 0 Å². The summed E-state index contributed by atoms with van der Waals surface area (Å²) in [6.45, 7) is 7.35. The van der Waals surface area contributed by atoms with Gasteiger partial charge in [0.15, 0.2) is 0 Å². The molecule has 0 fully saturated rings. The molecule has 0 aromatic heterocycles. The number of hydrogen-bond donors (Lipinski definition) is 8. The van der Waals surface area contributed by atoms with E-state index in [2.05, 4.69) is 16.0 Å². The van der Waals surface area contributed by atoms with Crippen LogP contribution in [0.25, 0.3) is 0 Å². The molecule has 13 nitrogen and oxygen atoms in total.